The van der Waals surface area contributed by atoms with Crippen LogP contribution < -0.4 is 11.5 Å². The van der Waals surface area contributed by atoms with Crippen molar-refractivity contribution in [1.82, 2.24) is 0 Å². The first-order chi connectivity index (χ1) is 5.49. The van der Waals surface area contributed by atoms with Crippen molar-refractivity contribution in [2.45, 2.75) is 19.4 Å². The summed E-state index contributed by atoms with van der Waals surface area (Å²) in [6.07, 6.45) is -0.0479. The van der Waals surface area contributed by atoms with Crippen LogP contribution >= 0.6 is 0 Å². The smallest absolute Gasteiger partial charge is 0.306 e. The molecule has 0 aliphatic heterocycles. The summed E-state index contributed by atoms with van der Waals surface area (Å²) in [6, 6.07) is -0.730. The predicted molar refractivity (Wildman–Crippen MR) is 43.5 cm³/mol. The Morgan fingerprint density at radius 2 is 2.00 bits per heavy atom. The van der Waals surface area contributed by atoms with Crippen molar-refractivity contribution in [3.05, 3.63) is 0 Å². The van der Waals surface area contributed by atoms with Crippen LogP contribution in [0.25, 0.3) is 0 Å². The molecular weight excluding hydrogens is 160 g/mol. The second-order valence-electron chi connectivity index (χ2n) is 2.75. The van der Waals surface area contributed by atoms with E-state index in [-0.39, 0.29) is 18.7 Å². The minimum Gasteiger partial charge on any atom is -0.481 e. The zero-order valence-corrected chi connectivity index (χ0v) is 6.99. The summed E-state index contributed by atoms with van der Waals surface area (Å²) in [5, 5.41) is 8.46. The SMILES string of the molecule is C[C@H](CC(=O)[C@H](N)CN)C(=O)O. The van der Waals surface area contributed by atoms with Crippen LogP contribution in [0.5, 0.6) is 0 Å². The van der Waals surface area contributed by atoms with E-state index in [0.29, 0.717) is 0 Å². The van der Waals surface area contributed by atoms with Gasteiger partial charge in [-0.1, -0.05) is 6.92 Å². The first-order valence-corrected chi connectivity index (χ1v) is 3.70. The Morgan fingerprint density at radius 3 is 2.33 bits per heavy atom. The van der Waals surface area contributed by atoms with Gasteiger partial charge in [0.15, 0.2) is 5.78 Å². The van der Waals surface area contributed by atoms with Crippen molar-refractivity contribution in [2.24, 2.45) is 17.4 Å². The molecule has 5 heteroatoms. The van der Waals surface area contributed by atoms with Gasteiger partial charge >= 0.3 is 5.97 Å². The van der Waals surface area contributed by atoms with Gasteiger partial charge in [-0.05, 0) is 0 Å². The summed E-state index contributed by atoms with van der Waals surface area (Å²) >= 11 is 0. The van der Waals surface area contributed by atoms with Gasteiger partial charge in [0.25, 0.3) is 0 Å². The predicted octanol–water partition coefficient (Wildman–Crippen LogP) is -1.05. The number of carbonyl (C=O) groups is 2. The van der Waals surface area contributed by atoms with Crippen molar-refractivity contribution < 1.29 is 14.7 Å². The molecule has 2 atom stereocenters. The molecule has 0 aliphatic carbocycles. The fourth-order valence-electron chi connectivity index (χ4n) is 0.672. The normalized spacial score (nSPS) is 15.2. The van der Waals surface area contributed by atoms with Crippen LogP contribution in [0.3, 0.4) is 0 Å². The number of carbonyl (C=O) groups excluding carboxylic acids is 1. The first-order valence-electron chi connectivity index (χ1n) is 3.70. The van der Waals surface area contributed by atoms with E-state index in [0.717, 1.165) is 0 Å². The number of hydrogen-bond acceptors (Lipinski definition) is 4. The molecule has 0 aromatic rings. The number of hydrogen-bond donors (Lipinski definition) is 3. The molecule has 0 aromatic carbocycles. The van der Waals surface area contributed by atoms with Crippen molar-refractivity contribution in [3.8, 4) is 0 Å². The Labute approximate surface area is 70.7 Å². The van der Waals surface area contributed by atoms with Gasteiger partial charge in [0.2, 0.25) is 0 Å². The molecule has 0 unspecified atom stereocenters. The third-order valence-electron chi connectivity index (χ3n) is 1.60. The Bertz CT molecular complexity index is 181. The monoisotopic (exact) mass is 174 g/mol. The molecule has 0 fully saturated rings. The standard InChI is InChI=1S/C7H14N2O3/c1-4(7(11)12)2-6(10)5(9)3-8/h4-5H,2-3,8-9H2,1H3,(H,11,12)/t4-,5-/m1/s1. The van der Waals surface area contributed by atoms with Gasteiger partial charge in [-0.25, -0.2) is 0 Å². The van der Waals surface area contributed by atoms with Gasteiger partial charge in [-0.2, -0.15) is 0 Å². The Balaban J connectivity index is 3.92. The second kappa shape index (κ2) is 4.84. The van der Waals surface area contributed by atoms with E-state index in [2.05, 4.69) is 0 Å². The molecule has 0 aromatic heterocycles. The number of carboxylic acids is 1. The van der Waals surface area contributed by atoms with E-state index in [1.54, 1.807) is 0 Å². The quantitative estimate of drug-likeness (QED) is 0.493. The Hall–Kier alpha value is -0.940. The van der Waals surface area contributed by atoms with Crippen molar-refractivity contribution in [1.29, 1.82) is 0 Å². The maximum absolute atomic E-state index is 11.0. The van der Waals surface area contributed by atoms with Crippen molar-refractivity contribution >= 4 is 11.8 Å². The van der Waals surface area contributed by atoms with Crippen LogP contribution in [0.1, 0.15) is 13.3 Å². The van der Waals surface area contributed by atoms with Gasteiger partial charge in [-0.3, -0.25) is 9.59 Å². The van der Waals surface area contributed by atoms with E-state index < -0.39 is 17.9 Å². The highest BCUT2D eigenvalue weighted by molar-refractivity contribution is 5.87. The van der Waals surface area contributed by atoms with Gasteiger partial charge in [0, 0.05) is 13.0 Å². The Morgan fingerprint density at radius 1 is 1.50 bits per heavy atom. The summed E-state index contributed by atoms with van der Waals surface area (Å²) in [6.45, 7) is 1.52. The number of nitrogens with two attached hydrogens (primary N) is 2. The molecule has 70 valence electrons. The summed E-state index contributed by atoms with van der Waals surface area (Å²) in [5.74, 6) is -1.98. The van der Waals surface area contributed by atoms with Crippen molar-refractivity contribution in [2.75, 3.05) is 6.54 Å². The third kappa shape index (κ3) is 3.45. The molecule has 0 bridgehead atoms. The van der Waals surface area contributed by atoms with E-state index in [9.17, 15) is 9.59 Å². The summed E-state index contributed by atoms with van der Waals surface area (Å²) in [7, 11) is 0. The molecular formula is C7H14N2O3. The van der Waals surface area contributed by atoms with Gasteiger partial charge in [0.05, 0.1) is 12.0 Å². The zero-order chi connectivity index (χ0) is 9.72. The van der Waals surface area contributed by atoms with Crippen LogP contribution in [0, 0.1) is 5.92 Å². The molecule has 5 nitrogen and oxygen atoms in total. The molecule has 0 rings (SSSR count). The minimum atomic E-state index is -0.993. The van der Waals surface area contributed by atoms with Crippen LogP contribution in [0.15, 0.2) is 0 Å². The third-order valence-corrected chi connectivity index (χ3v) is 1.60. The maximum atomic E-state index is 11.0. The van der Waals surface area contributed by atoms with Gasteiger partial charge < -0.3 is 16.6 Å². The molecule has 0 amide bonds. The largest absolute Gasteiger partial charge is 0.481 e. The molecule has 0 spiro atoms. The average molecular weight is 174 g/mol. The lowest BCUT2D eigenvalue weighted by atomic mass is 10.0. The molecule has 12 heavy (non-hydrogen) atoms. The number of ketones is 1. The molecule has 0 saturated carbocycles. The van der Waals surface area contributed by atoms with Gasteiger partial charge in [-0.15, -0.1) is 0 Å². The number of aliphatic carboxylic acids is 1. The maximum Gasteiger partial charge on any atom is 0.306 e. The lowest BCUT2D eigenvalue weighted by Crippen LogP contribution is -2.39. The zero-order valence-electron chi connectivity index (χ0n) is 6.99. The van der Waals surface area contributed by atoms with Crippen molar-refractivity contribution in [3.63, 3.8) is 0 Å². The van der Waals surface area contributed by atoms with E-state index >= 15 is 0 Å². The van der Waals surface area contributed by atoms with Gasteiger partial charge in [0.1, 0.15) is 0 Å². The van der Waals surface area contributed by atoms with Crippen LogP contribution in [0.4, 0.5) is 0 Å². The Kier molecular flexibility index (Phi) is 4.46. The molecule has 0 radical (unpaired) electrons. The summed E-state index contributed by atoms with van der Waals surface area (Å²) in [5.41, 5.74) is 10.4. The fraction of sp³-hybridized carbons (Fsp3) is 0.714. The first kappa shape index (κ1) is 11.1. The number of Topliss-reactive ketones (excluding diaryl/α,β-unsaturated/α-hetero) is 1. The second-order valence-corrected chi connectivity index (χ2v) is 2.75. The molecule has 0 saturated heterocycles. The summed E-state index contributed by atoms with van der Waals surface area (Å²) < 4.78 is 0. The van der Waals surface area contributed by atoms with Crippen LogP contribution in [-0.4, -0.2) is 29.4 Å². The number of carboxylic acid groups (broad SMARTS) is 1. The molecule has 5 N–H and O–H groups in total. The minimum absolute atomic E-state index is 0.0479. The number of rotatable bonds is 5. The average Bonchev–Trinajstić information content (AvgIpc) is 2.02. The summed E-state index contributed by atoms with van der Waals surface area (Å²) in [4.78, 5) is 21.3. The highest BCUT2D eigenvalue weighted by Crippen LogP contribution is 2.03. The van der Waals surface area contributed by atoms with E-state index in [1.165, 1.54) is 6.92 Å². The van der Waals surface area contributed by atoms with Crippen LogP contribution in [0.2, 0.25) is 0 Å². The highest BCUT2D eigenvalue weighted by atomic mass is 16.4. The lowest BCUT2D eigenvalue weighted by molar-refractivity contribution is -0.143. The molecule has 0 aliphatic rings. The highest BCUT2D eigenvalue weighted by Gasteiger charge is 2.19. The van der Waals surface area contributed by atoms with Crippen LogP contribution in [-0.2, 0) is 9.59 Å². The fourth-order valence-corrected chi connectivity index (χ4v) is 0.672. The topological polar surface area (TPSA) is 106 Å². The van der Waals surface area contributed by atoms with E-state index in [1.807, 2.05) is 0 Å². The lowest BCUT2D eigenvalue weighted by Gasteiger charge is -2.09. The molecule has 0 heterocycles. The van der Waals surface area contributed by atoms with E-state index in [4.69, 9.17) is 16.6 Å².